The van der Waals surface area contributed by atoms with Crippen LogP contribution in [0.2, 0.25) is 0 Å². The van der Waals surface area contributed by atoms with Crippen molar-refractivity contribution in [3.8, 4) is 0 Å². The Bertz CT molecular complexity index is 729. The summed E-state index contributed by atoms with van der Waals surface area (Å²) in [5, 5.41) is 17.9. The summed E-state index contributed by atoms with van der Waals surface area (Å²) in [7, 11) is 0. The lowest BCUT2D eigenvalue weighted by molar-refractivity contribution is 0.0694. The van der Waals surface area contributed by atoms with Crippen molar-refractivity contribution in [3.63, 3.8) is 0 Å². The number of carboxylic acids is 2. The van der Waals surface area contributed by atoms with E-state index in [2.05, 4.69) is 0 Å². The predicted octanol–water partition coefficient (Wildman–Crippen LogP) is 1.00. The number of rotatable bonds is 2. The molecule has 2 aromatic heterocycles. The third-order valence-corrected chi connectivity index (χ3v) is 2.59. The molecule has 0 aliphatic carbocycles. The van der Waals surface area contributed by atoms with E-state index in [4.69, 9.17) is 10.2 Å². The fourth-order valence-electron chi connectivity index (χ4n) is 1.72. The SMILES string of the molecule is Cc1ccn2c(=O)c(C(=O)O)cc(C(=O)O)c2c1. The van der Waals surface area contributed by atoms with Gasteiger partial charge in [0.25, 0.3) is 5.56 Å². The van der Waals surface area contributed by atoms with E-state index >= 15 is 0 Å². The molecule has 0 bridgehead atoms. The van der Waals surface area contributed by atoms with Gasteiger partial charge in [-0.3, -0.25) is 9.20 Å². The molecule has 2 rings (SSSR count). The minimum Gasteiger partial charge on any atom is -0.478 e. The number of fused-ring (bicyclic) bond motifs is 1. The first-order valence-electron chi connectivity index (χ1n) is 5.04. The number of pyridine rings is 2. The van der Waals surface area contributed by atoms with Crippen molar-refractivity contribution in [2.75, 3.05) is 0 Å². The van der Waals surface area contributed by atoms with Gasteiger partial charge in [-0.1, -0.05) is 0 Å². The van der Waals surface area contributed by atoms with Crippen LogP contribution in [0, 0.1) is 6.92 Å². The zero-order chi connectivity index (χ0) is 13.4. The third-order valence-electron chi connectivity index (χ3n) is 2.59. The van der Waals surface area contributed by atoms with Gasteiger partial charge >= 0.3 is 11.9 Å². The molecule has 18 heavy (non-hydrogen) atoms. The maximum Gasteiger partial charge on any atom is 0.341 e. The highest BCUT2D eigenvalue weighted by Gasteiger charge is 2.18. The summed E-state index contributed by atoms with van der Waals surface area (Å²) in [5.74, 6) is -2.72. The van der Waals surface area contributed by atoms with E-state index in [1.165, 1.54) is 12.3 Å². The highest BCUT2D eigenvalue weighted by Crippen LogP contribution is 2.13. The van der Waals surface area contributed by atoms with Crippen molar-refractivity contribution in [2.45, 2.75) is 6.92 Å². The Morgan fingerprint density at radius 3 is 2.28 bits per heavy atom. The zero-order valence-electron chi connectivity index (χ0n) is 9.38. The molecule has 0 fully saturated rings. The molecule has 2 N–H and O–H groups in total. The Labute approximate surface area is 101 Å². The number of hydrogen-bond donors (Lipinski definition) is 2. The van der Waals surface area contributed by atoms with Crippen LogP contribution in [0.4, 0.5) is 0 Å². The highest BCUT2D eigenvalue weighted by molar-refractivity contribution is 5.99. The summed E-state index contributed by atoms with van der Waals surface area (Å²) < 4.78 is 1.03. The monoisotopic (exact) mass is 247 g/mol. The fourth-order valence-corrected chi connectivity index (χ4v) is 1.72. The molecule has 0 aliphatic heterocycles. The normalized spacial score (nSPS) is 10.5. The van der Waals surface area contributed by atoms with Crippen LogP contribution in [-0.4, -0.2) is 26.6 Å². The Balaban J connectivity index is 3.01. The first-order valence-corrected chi connectivity index (χ1v) is 5.04. The fraction of sp³-hybridized carbons (Fsp3) is 0.0833. The highest BCUT2D eigenvalue weighted by atomic mass is 16.4. The molecular formula is C12H9NO5. The lowest BCUT2D eigenvalue weighted by atomic mass is 10.1. The maximum absolute atomic E-state index is 11.8. The summed E-state index contributed by atoms with van der Waals surface area (Å²) in [6.45, 7) is 1.75. The van der Waals surface area contributed by atoms with Crippen molar-refractivity contribution in [1.29, 1.82) is 0 Å². The van der Waals surface area contributed by atoms with E-state index in [0.717, 1.165) is 16.0 Å². The predicted molar refractivity (Wildman–Crippen MR) is 62.3 cm³/mol. The quantitative estimate of drug-likeness (QED) is 0.825. The van der Waals surface area contributed by atoms with Crippen molar-refractivity contribution in [2.24, 2.45) is 0 Å². The van der Waals surface area contributed by atoms with Gasteiger partial charge in [0.2, 0.25) is 0 Å². The number of carboxylic acid groups (broad SMARTS) is 2. The van der Waals surface area contributed by atoms with Gasteiger partial charge in [-0.15, -0.1) is 0 Å². The minimum atomic E-state index is -1.45. The van der Waals surface area contributed by atoms with Crippen molar-refractivity contribution in [1.82, 2.24) is 4.40 Å². The van der Waals surface area contributed by atoms with Gasteiger partial charge in [0.1, 0.15) is 5.56 Å². The number of carbonyl (C=O) groups is 2. The van der Waals surface area contributed by atoms with E-state index < -0.39 is 23.1 Å². The van der Waals surface area contributed by atoms with Crippen molar-refractivity contribution in [3.05, 3.63) is 51.4 Å². The smallest absolute Gasteiger partial charge is 0.341 e. The molecule has 6 nitrogen and oxygen atoms in total. The Kier molecular flexibility index (Phi) is 2.63. The second kappa shape index (κ2) is 3.99. The van der Waals surface area contributed by atoms with Gasteiger partial charge in [-0.25, -0.2) is 9.59 Å². The molecule has 6 heteroatoms. The summed E-state index contributed by atoms with van der Waals surface area (Å²) >= 11 is 0. The van der Waals surface area contributed by atoms with E-state index in [1.807, 2.05) is 0 Å². The summed E-state index contributed by atoms with van der Waals surface area (Å²) in [6, 6.07) is 4.02. The average molecular weight is 247 g/mol. The first-order chi connectivity index (χ1) is 8.41. The molecule has 2 heterocycles. The second-order valence-corrected chi connectivity index (χ2v) is 3.85. The Morgan fingerprint density at radius 2 is 1.72 bits per heavy atom. The molecule has 0 radical (unpaired) electrons. The first kappa shape index (κ1) is 11.8. The lowest BCUT2D eigenvalue weighted by Crippen LogP contribution is -2.24. The molecule has 0 atom stereocenters. The summed E-state index contributed by atoms with van der Waals surface area (Å²) in [6.07, 6.45) is 1.37. The van der Waals surface area contributed by atoms with Crippen LogP contribution in [0.25, 0.3) is 5.52 Å². The van der Waals surface area contributed by atoms with Crippen LogP contribution in [0.3, 0.4) is 0 Å². The third kappa shape index (κ3) is 1.73. The van der Waals surface area contributed by atoms with E-state index in [1.54, 1.807) is 13.0 Å². The number of aromatic nitrogens is 1. The van der Waals surface area contributed by atoms with Gasteiger partial charge in [-0.05, 0) is 30.7 Å². The van der Waals surface area contributed by atoms with Crippen LogP contribution in [0.5, 0.6) is 0 Å². The van der Waals surface area contributed by atoms with Crippen LogP contribution < -0.4 is 5.56 Å². The van der Waals surface area contributed by atoms with Gasteiger partial charge in [0.05, 0.1) is 11.1 Å². The maximum atomic E-state index is 11.8. The topological polar surface area (TPSA) is 96.1 Å². The van der Waals surface area contributed by atoms with Crippen molar-refractivity contribution < 1.29 is 19.8 Å². The number of aromatic carboxylic acids is 2. The molecule has 2 aromatic rings. The molecular weight excluding hydrogens is 238 g/mol. The minimum absolute atomic E-state index is 0.178. The van der Waals surface area contributed by atoms with E-state index in [-0.39, 0.29) is 11.1 Å². The molecule has 0 saturated carbocycles. The van der Waals surface area contributed by atoms with E-state index in [9.17, 15) is 14.4 Å². The molecule has 0 saturated heterocycles. The molecule has 0 aromatic carbocycles. The molecule has 0 amide bonds. The van der Waals surface area contributed by atoms with Gasteiger partial charge < -0.3 is 10.2 Å². The largest absolute Gasteiger partial charge is 0.478 e. The molecule has 0 unspecified atom stereocenters. The molecule has 0 spiro atoms. The van der Waals surface area contributed by atoms with Gasteiger partial charge in [0, 0.05) is 6.20 Å². The standard InChI is InChI=1S/C12H9NO5/c1-6-2-3-13-9(4-6)7(11(15)16)5-8(10(13)14)12(17)18/h2-5H,1H3,(H,15,16)(H,17,18). The number of aryl methyl sites for hydroxylation is 1. The van der Waals surface area contributed by atoms with Crippen molar-refractivity contribution >= 4 is 17.5 Å². The van der Waals surface area contributed by atoms with Gasteiger partial charge in [-0.2, -0.15) is 0 Å². The lowest BCUT2D eigenvalue weighted by Gasteiger charge is -2.07. The second-order valence-electron chi connectivity index (χ2n) is 3.85. The molecule has 92 valence electrons. The van der Waals surface area contributed by atoms with Crippen LogP contribution in [-0.2, 0) is 0 Å². The van der Waals surface area contributed by atoms with Crippen LogP contribution >= 0.6 is 0 Å². The summed E-state index contributed by atoms with van der Waals surface area (Å²) in [5.41, 5.74) is -0.565. The summed E-state index contributed by atoms with van der Waals surface area (Å²) in [4.78, 5) is 33.9. The Morgan fingerprint density at radius 1 is 1.11 bits per heavy atom. The average Bonchev–Trinajstić information content (AvgIpc) is 2.28. The molecule has 0 aliphatic rings. The van der Waals surface area contributed by atoms with Crippen LogP contribution in [0.15, 0.2) is 29.2 Å². The zero-order valence-corrected chi connectivity index (χ0v) is 9.38. The number of hydrogen-bond acceptors (Lipinski definition) is 3. The number of nitrogens with zero attached hydrogens (tertiary/aromatic N) is 1. The van der Waals surface area contributed by atoms with E-state index in [0.29, 0.717) is 0 Å². The van der Waals surface area contributed by atoms with Crippen LogP contribution in [0.1, 0.15) is 26.3 Å². The van der Waals surface area contributed by atoms with Gasteiger partial charge in [0.15, 0.2) is 0 Å². The Hall–Kier alpha value is -2.63.